The Hall–Kier alpha value is -1.12. The molecule has 0 radical (unpaired) electrons. The zero-order valence-corrected chi connectivity index (χ0v) is 14.2. The van der Waals surface area contributed by atoms with Crippen LogP contribution in [0.15, 0.2) is 33.1 Å². The van der Waals surface area contributed by atoms with E-state index in [9.17, 15) is 4.79 Å². The molecule has 3 rings (SSSR count). The molecule has 1 heterocycles. The summed E-state index contributed by atoms with van der Waals surface area (Å²) in [6, 6.07) is 8.10. The van der Waals surface area contributed by atoms with Gasteiger partial charge < -0.3 is 10.6 Å². The molecule has 1 aromatic carbocycles. The van der Waals surface area contributed by atoms with Crippen LogP contribution in [0, 0.1) is 0 Å². The van der Waals surface area contributed by atoms with Crippen LogP contribution in [0.25, 0.3) is 0 Å². The zero-order chi connectivity index (χ0) is 14.7. The van der Waals surface area contributed by atoms with Crippen molar-refractivity contribution >= 4 is 55.8 Å². The number of hydrogen-bond acceptors (Lipinski definition) is 6. The summed E-state index contributed by atoms with van der Waals surface area (Å²) in [7, 11) is 0. The second-order valence-corrected chi connectivity index (χ2v) is 7.66. The molecule has 2 N–H and O–H groups in total. The van der Waals surface area contributed by atoms with Crippen molar-refractivity contribution in [2.45, 2.75) is 23.2 Å². The Bertz CT molecular complexity index is 645. The van der Waals surface area contributed by atoms with E-state index < -0.39 is 0 Å². The highest BCUT2D eigenvalue weighted by Gasteiger charge is 2.22. The third kappa shape index (κ3) is 4.42. The van der Waals surface area contributed by atoms with Crippen LogP contribution in [0.3, 0.4) is 0 Å². The summed E-state index contributed by atoms with van der Waals surface area (Å²) in [4.78, 5) is 11.9. The van der Waals surface area contributed by atoms with Crippen molar-refractivity contribution in [2.24, 2.45) is 0 Å². The summed E-state index contributed by atoms with van der Waals surface area (Å²) in [5, 5.41) is 15.1. The van der Waals surface area contributed by atoms with Gasteiger partial charge in [-0.1, -0.05) is 35.2 Å². The second kappa shape index (κ2) is 6.76. The Balaban J connectivity index is 1.49. The third-order valence-electron chi connectivity index (χ3n) is 2.79. The Morgan fingerprint density at radius 3 is 2.95 bits per heavy atom. The maximum absolute atomic E-state index is 11.9. The molecule has 0 bridgehead atoms. The molecule has 5 nitrogen and oxygen atoms in total. The van der Waals surface area contributed by atoms with Crippen LogP contribution in [0.5, 0.6) is 0 Å². The molecule has 8 heteroatoms. The smallest absolute Gasteiger partial charge is 0.234 e. The first-order valence-corrected chi connectivity index (χ1v) is 9.07. The van der Waals surface area contributed by atoms with E-state index in [1.165, 1.54) is 35.9 Å². The highest BCUT2D eigenvalue weighted by atomic mass is 79.9. The highest BCUT2D eigenvalue weighted by Crippen LogP contribution is 2.30. The number of amides is 1. The highest BCUT2D eigenvalue weighted by molar-refractivity contribution is 9.10. The SMILES string of the molecule is O=C(CSc1nnc(NC2CC2)s1)Nc1ccccc1Br. The Labute approximate surface area is 139 Å². The van der Waals surface area contributed by atoms with E-state index in [-0.39, 0.29) is 5.91 Å². The lowest BCUT2D eigenvalue weighted by molar-refractivity contribution is -0.113. The van der Waals surface area contributed by atoms with Crippen LogP contribution in [0.2, 0.25) is 0 Å². The predicted octanol–water partition coefficient (Wildman–Crippen LogP) is 3.61. The molecule has 21 heavy (non-hydrogen) atoms. The zero-order valence-electron chi connectivity index (χ0n) is 11.0. The molecule has 0 atom stereocenters. The van der Waals surface area contributed by atoms with Gasteiger partial charge in [0.15, 0.2) is 4.34 Å². The summed E-state index contributed by atoms with van der Waals surface area (Å²) in [6.45, 7) is 0. The lowest BCUT2D eigenvalue weighted by atomic mass is 10.3. The van der Waals surface area contributed by atoms with Crippen LogP contribution < -0.4 is 10.6 Å². The molecule has 0 spiro atoms. The number of hydrogen-bond donors (Lipinski definition) is 2. The van der Waals surface area contributed by atoms with E-state index >= 15 is 0 Å². The molecule has 1 aliphatic rings. The van der Waals surface area contributed by atoms with E-state index in [1.54, 1.807) is 0 Å². The molecule has 1 aromatic heterocycles. The van der Waals surface area contributed by atoms with Gasteiger partial charge in [0.2, 0.25) is 11.0 Å². The largest absolute Gasteiger partial charge is 0.357 e. The summed E-state index contributed by atoms with van der Waals surface area (Å²) >= 11 is 6.30. The van der Waals surface area contributed by atoms with Gasteiger partial charge in [-0.3, -0.25) is 4.79 Å². The van der Waals surface area contributed by atoms with Crippen molar-refractivity contribution in [1.82, 2.24) is 10.2 Å². The number of anilines is 2. The minimum Gasteiger partial charge on any atom is -0.357 e. The summed E-state index contributed by atoms with van der Waals surface area (Å²) < 4.78 is 1.68. The van der Waals surface area contributed by atoms with Gasteiger partial charge in [0.1, 0.15) is 0 Å². The molecular formula is C13H13BrN4OS2. The van der Waals surface area contributed by atoms with Gasteiger partial charge in [0, 0.05) is 10.5 Å². The Morgan fingerprint density at radius 2 is 2.19 bits per heavy atom. The lowest BCUT2D eigenvalue weighted by Crippen LogP contribution is -2.14. The maximum Gasteiger partial charge on any atom is 0.234 e. The predicted molar refractivity (Wildman–Crippen MR) is 90.0 cm³/mol. The molecule has 1 fully saturated rings. The number of carbonyl (C=O) groups is 1. The molecule has 0 unspecified atom stereocenters. The van der Waals surface area contributed by atoms with Gasteiger partial charge in [-0.25, -0.2) is 0 Å². The quantitative estimate of drug-likeness (QED) is 0.744. The Morgan fingerprint density at radius 1 is 1.38 bits per heavy atom. The fourth-order valence-electron chi connectivity index (χ4n) is 1.60. The fourth-order valence-corrected chi connectivity index (χ4v) is 3.62. The van der Waals surface area contributed by atoms with Gasteiger partial charge in [0.05, 0.1) is 11.4 Å². The van der Waals surface area contributed by atoms with Gasteiger partial charge >= 0.3 is 0 Å². The van der Waals surface area contributed by atoms with Crippen molar-refractivity contribution in [1.29, 1.82) is 0 Å². The lowest BCUT2D eigenvalue weighted by Gasteiger charge is -2.05. The van der Waals surface area contributed by atoms with Crippen LogP contribution in [0.4, 0.5) is 10.8 Å². The number of nitrogens with zero attached hydrogens (tertiary/aromatic N) is 2. The van der Waals surface area contributed by atoms with Crippen LogP contribution in [0.1, 0.15) is 12.8 Å². The van der Waals surface area contributed by atoms with Crippen LogP contribution in [-0.4, -0.2) is 27.9 Å². The van der Waals surface area contributed by atoms with E-state index in [0.717, 1.165) is 19.6 Å². The molecule has 0 saturated heterocycles. The summed E-state index contributed by atoms with van der Waals surface area (Å²) in [6.07, 6.45) is 2.41. The average Bonchev–Trinajstić information content (AvgIpc) is 3.16. The Kier molecular flexibility index (Phi) is 4.77. The molecule has 1 aliphatic carbocycles. The molecule has 0 aliphatic heterocycles. The average molecular weight is 385 g/mol. The minimum absolute atomic E-state index is 0.0567. The van der Waals surface area contributed by atoms with Crippen molar-refractivity contribution in [3.05, 3.63) is 28.7 Å². The first-order chi connectivity index (χ1) is 10.2. The maximum atomic E-state index is 11.9. The summed E-state index contributed by atoms with van der Waals surface area (Å²) in [5.41, 5.74) is 0.774. The monoisotopic (exact) mass is 384 g/mol. The van der Waals surface area contributed by atoms with Crippen molar-refractivity contribution in [3.63, 3.8) is 0 Å². The minimum atomic E-state index is -0.0567. The number of carbonyl (C=O) groups excluding carboxylic acids is 1. The molecule has 110 valence electrons. The van der Waals surface area contributed by atoms with E-state index in [2.05, 4.69) is 36.8 Å². The van der Waals surface area contributed by atoms with Crippen LogP contribution >= 0.6 is 39.0 Å². The van der Waals surface area contributed by atoms with Gasteiger partial charge in [-0.2, -0.15) is 0 Å². The number of benzene rings is 1. The molecule has 2 aromatic rings. The van der Waals surface area contributed by atoms with Gasteiger partial charge in [0.25, 0.3) is 0 Å². The van der Waals surface area contributed by atoms with Gasteiger partial charge in [-0.05, 0) is 40.9 Å². The van der Waals surface area contributed by atoms with E-state index in [1.807, 2.05) is 24.3 Å². The van der Waals surface area contributed by atoms with Gasteiger partial charge in [-0.15, -0.1) is 10.2 Å². The summed E-state index contributed by atoms with van der Waals surface area (Å²) in [5.74, 6) is 0.262. The number of para-hydroxylation sites is 1. The number of halogens is 1. The molecule has 1 amide bonds. The van der Waals surface area contributed by atoms with Crippen molar-refractivity contribution < 1.29 is 4.79 Å². The van der Waals surface area contributed by atoms with Crippen LogP contribution in [-0.2, 0) is 4.79 Å². The first kappa shape index (κ1) is 14.8. The molecule has 1 saturated carbocycles. The van der Waals surface area contributed by atoms with Crippen molar-refractivity contribution in [3.8, 4) is 0 Å². The number of thioether (sulfide) groups is 1. The number of nitrogens with one attached hydrogen (secondary N) is 2. The topological polar surface area (TPSA) is 66.9 Å². The third-order valence-corrected chi connectivity index (χ3v) is 5.47. The number of aromatic nitrogens is 2. The van der Waals surface area contributed by atoms with E-state index in [4.69, 9.17) is 0 Å². The van der Waals surface area contributed by atoms with Crippen molar-refractivity contribution in [2.75, 3.05) is 16.4 Å². The standard InChI is InChI=1S/C13H13BrN4OS2/c14-9-3-1-2-4-10(9)16-11(19)7-20-13-18-17-12(21-13)15-8-5-6-8/h1-4,8H,5-7H2,(H,15,17)(H,16,19). The van der Waals surface area contributed by atoms with E-state index in [0.29, 0.717) is 11.8 Å². The molecular weight excluding hydrogens is 372 g/mol. The number of rotatable bonds is 6. The normalized spacial score (nSPS) is 14.0. The second-order valence-electron chi connectivity index (χ2n) is 4.61. The first-order valence-electron chi connectivity index (χ1n) is 6.48. The fraction of sp³-hybridized carbons (Fsp3) is 0.308.